The van der Waals surface area contributed by atoms with E-state index < -0.39 is 0 Å². The van der Waals surface area contributed by atoms with Gasteiger partial charge < -0.3 is 10.1 Å². The minimum Gasteiger partial charge on any atom is -0.497 e. The Morgan fingerprint density at radius 2 is 2.00 bits per heavy atom. The SMILES string of the molecule is COc1cccc(/C=N\N(C)C(=S)NCc2ccccc2)c1. The fourth-order valence-corrected chi connectivity index (χ4v) is 1.93. The zero-order valence-electron chi connectivity index (χ0n) is 12.7. The fraction of sp³-hybridized carbons (Fsp3) is 0.176. The van der Waals surface area contributed by atoms with E-state index >= 15 is 0 Å². The maximum atomic E-state index is 5.32. The molecule has 0 saturated heterocycles. The molecular formula is C17H19N3OS. The van der Waals surface area contributed by atoms with Gasteiger partial charge in [-0.05, 0) is 35.5 Å². The third-order valence-corrected chi connectivity index (χ3v) is 3.46. The minimum absolute atomic E-state index is 0.572. The Morgan fingerprint density at radius 1 is 1.23 bits per heavy atom. The standard InChI is InChI=1S/C17H19N3OS/c1-20(17(22)18-12-14-7-4-3-5-8-14)19-13-15-9-6-10-16(11-15)21-2/h3-11,13H,12H2,1-2H3,(H,18,22)/b19-13-. The average Bonchev–Trinajstić information content (AvgIpc) is 2.58. The summed E-state index contributed by atoms with van der Waals surface area (Å²) in [4.78, 5) is 0. The number of nitrogens with zero attached hydrogens (tertiary/aromatic N) is 2. The van der Waals surface area contributed by atoms with Gasteiger partial charge in [-0.2, -0.15) is 5.10 Å². The van der Waals surface area contributed by atoms with Gasteiger partial charge in [0.2, 0.25) is 0 Å². The second-order valence-corrected chi connectivity index (χ2v) is 5.08. The smallest absolute Gasteiger partial charge is 0.189 e. The summed E-state index contributed by atoms with van der Waals surface area (Å²) < 4.78 is 5.18. The van der Waals surface area contributed by atoms with Crippen molar-refractivity contribution in [1.82, 2.24) is 10.3 Å². The lowest BCUT2D eigenvalue weighted by Crippen LogP contribution is -2.33. The van der Waals surface area contributed by atoms with Crippen molar-refractivity contribution in [1.29, 1.82) is 0 Å². The Kier molecular flexibility index (Phi) is 5.91. The van der Waals surface area contributed by atoms with Crippen molar-refractivity contribution < 1.29 is 4.74 Å². The van der Waals surface area contributed by atoms with Crippen LogP contribution in [0.25, 0.3) is 0 Å². The molecule has 0 amide bonds. The minimum atomic E-state index is 0.572. The number of hydrogen-bond acceptors (Lipinski definition) is 3. The molecule has 0 aliphatic carbocycles. The third-order valence-electron chi connectivity index (χ3n) is 3.05. The van der Waals surface area contributed by atoms with Crippen LogP contribution in [0.5, 0.6) is 5.75 Å². The maximum absolute atomic E-state index is 5.32. The van der Waals surface area contributed by atoms with Crippen LogP contribution in [0.2, 0.25) is 0 Å². The number of methoxy groups -OCH3 is 1. The summed E-state index contributed by atoms with van der Waals surface area (Å²) in [5, 5.41) is 9.72. The summed E-state index contributed by atoms with van der Waals surface area (Å²) in [5.41, 5.74) is 2.13. The molecule has 0 aliphatic rings. The van der Waals surface area contributed by atoms with Crippen molar-refractivity contribution in [3.63, 3.8) is 0 Å². The number of nitrogens with one attached hydrogen (secondary N) is 1. The molecule has 5 heteroatoms. The van der Waals surface area contributed by atoms with Crippen molar-refractivity contribution >= 4 is 23.5 Å². The Morgan fingerprint density at radius 3 is 2.73 bits per heavy atom. The van der Waals surface area contributed by atoms with Crippen LogP contribution in [0.3, 0.4) is 0 Å². The molecule has 0 bridgehead atoms. The molecule has 1 N–H and O–H groups in total. The van der Waals surface area contributed by atoms with Gasteiger partial charge in [-0.1, -0.05) is 42.5 Å². The summed E-state index contributed by atoms with van der Waals surface area (Å²) in [6, 6.07) is 17.8. The number of rotatable bonds is 5. The lowest BCUT2D eigenvalue weighted by molar-refractivity contribution is 0.414. The summed E-state index contributed by atoms with van der Waals surface area (Å²) in [5.74, 6) is 0.802. The number of hydrogen-bond donors (Lipinski definition) is 1. The quantitative estimate of drug-likeness (QED) is 0.523. The lowest BCUT2D eigenvalue weighted by Gasteiger charge is -2.15. The molecule has 0 fully saturated rings. The summed E-state index contributed by atoms with van der Waals surface area (Å²) in [7, 11) is 3.46. The first-order valence-corrected chi connectivity index (χ1v) is 7.33. The van der Waals surface area contributed by atoms with Crippen LogP contribution in [0.4, 0.5) is 0 Å². The molecule has 0 aromatic heterocycles. The van der Waals surface area contributed by atoms with E-state index in [1.807, 2.05) is 49.5 Å². The van der Waals surface area contributed by atoms with E-state index in [9.17, 15) is 0 Å². The average molecular weight is 313 g/mol. The molecule has 22 heavy (non-hydrogen) atoms. The van der Waals surface area contributed by atoms with E-state index in [1.165, 1.54) is 5.56 Å². The molecule has 0 spiro atoms. The first kappa shape index (κ1) is 16.0. The highest BCUT2D eigenvalue weighted by atomic mass is 32.1. The number of ether oxygens (including phenoxy) is 1. The summed E-state index contributed by atoms with van der Waals surface area (Å²) in [6.45, 7) is 0.679. The molecule has 0 saturated carbocycles. The zero-order chi connectivity index (χ0) is 15.8. The molecule has 2 aromatic rings. The highest BCUT2D eigenvalue weighted by Crippen LogP contribution is 2.10. The van der Waals surface area contributed by atoms with E-state index in [0.717, 1.165) is 11.3 Å². The zero-order valence-corrected chi connectivity index (χ0v) is 13.5. The largest absolute Gasteiger partial charge is 0.497 e. The maximum Gasteiger partial charge on any atom is 0.189 e. The van der Waals surface area contributed by atoms with Crippen molar-refractivity contribution in [2.75, 3.05) is 14.2 Å². The Balaban J connectivity index is 1.89. The molecule has 0 radical (unpaired) electrons. The second kappa shape index (κ2) is 8.14. The normalized spacial score (nSPS) is 10.5. The van der Waals surface area contributed by atoms with Gasteiger partial charge in [-0.25, -0.2) is 5.01 Å². The van der Waals surface area contributed by atoms with Crippen LogP contribution >= 0.6 is 12.2 Å². The summed E-state index contributed by atoms with van der Waals surface area (Å²) in [6.07, 6.45) is 1.75. The van der Waals surface area contributed by atoms with Crippen LogP contribution < -0.4 is 10.1 Å². The molecule has 2 aromatic carbocycles. The van der Waals surface area contributed by atoms with Gasteiger partial charge in [0.05, 0.1) is 13.3 Å². The molecule has 114 valence electrons. The van der Waals surface area contributed by atoms with Crippen molar-refractivity contribution in [3.05, 3.63) is 65.7 Å². The van der Waals surface area contributed by atoms with Crippen LogP contribution in [-0.2, 0) is 6.54 Å². The van der Waals surface area contributed by atoms with Crippen LogP contribution in [0, 0.1) is 0 Å². The first-order chi connectivity index (χ1) is 10.7. The van der Waals surface area contributed by atoms with E-state index in [4.69, 9.17) is 17.0 Å². The fourth-order valence-electron chi connectivity index (χ4n) is 1.82. The monoisotopic (exact) mass is 313 g/mol. The molecule has 0 heterocycles. The molecule has 0 atom stereocenters. The topological polar surface area (TPSA) is 36.9 Å². The van der Waals surface area contributed by atoms with E-state index in [2.05, 4.69) is 22.6 Å². The van der Waals surface area contributed by atoms with Gasteiger partial charge in [0, 0.05) is 13.6 Å². The molecule has 4 nitrogen and oxygen atoms in total. The second-order valence-electron chi connectivity index (χ2n) is 4.69. The Bertz CT molecular complexity index is 643. The van der Waals surface area contributed by atoms with Gasteiger partial charge in [0.15, 0.2) is 5.11 Å². The molecule has 2 rings (SSSR count). The van der Waals surface area contributed by atoms with Crippen molar-refractivity contribution in [3.8, 4) is 5.75 Å². The predicted molar refractivity (Wildman–Crippen MR) is 94.2 cm³/mol. The van der Waals surface area contributed by atoms with Crippen LogP contribution in [0.1, 0.15) is 11.1 Å². The molecule has 0 unspecified atom stereocenters. The van der Waals surface area contributed by atoms with Gasteiger partial charge in [0.25, 0.3) is 0 Å². The van der Waals surface area contributed by atoms with Crippen molar-refractivity contribution in [2.45, 2.75) is 6.54 Å². The highest BCUT2D eigenvalue weighted by Gasteiger charge is 2.01. The number of hydrazone groups is 1. The Hall–Kier alpha value is -2.40. The van der Waals surface area contributed by atoms with Gasteiger partial charge in [-0.15, -0.1) is 0 Å². The van der Waals surface area contributed by atoms with Crippen LogP contribution in [-0.4, -0.2) is 30.5 Å². The van der Waals surface area contributed by atoms with Crippen LogP contribution in [0.15, 0.2) is 59.7 Å². The molecule has 0 aliphatic heterocycles. The van der Waals surface area contributed by atoms with E-state index in [0.29, 0.717) is 11.7 Å². The highest BCUT2D eigenvalue weighted by molar-refractivity contribution is 7.80. The molecular weight excluding hydrogens is 294 g/mol. The van der Waals surface area contributed by atoms with Crippen molar-refractivity contribution in [2.24, 2.45) is 5.10 Å². The lowest BCUT2D eigenvalue weighted by atomic mass is 10.2. The van der Waals surface area contributed by atoms with Gasteiger partial charge in [-0.3, -0.25) is 0 Å². The van der Waals surface area contributed by atoms with Gasteiger partial charge >= 0.3 is 0 Å². The Labute approximate surface area is 136 Å². The van der Waals surface area contributed by atoms with E-state index in [1.54, 1.807) is 18.3 Å². The number of thiocarbonyl (C=S) groups is 1. The summed E-state index contributed by atoms with van der Waals surface area (Å²) >= 11 is 5.32. The first-order valence-electron chi connectivity index (χ1n) is 6.92. The van der Waals surface area contributed by atoms with E-state index in [-0.39, 0.29) is 0 Å². The number of benzene rings is 2. The predicted octanol–water partition coefficient (Wildman–Crippen LogP) is 3.04. The van der Waals surface area contributed by atoms with Gasteiger partial charge in [0.1, 0.15) is 5.75 Å². The third kappa shape index (κ3) is 4.86.